The van der Waals surface area contributed by atoms with Gasteiger partial charge in [-0.3, -0.25) is 19.8 Å². The third-order valence-electron chi connectivity index (χ3n) is 4.98. The highest BCUT2D eigenvalue weighted by Crippen LogP contribution is 2.29. The molecule has 0 fully saturated rings. The van der Waals surface area contributed by atoms with Crippen molar-refractivity contribution in [3.8, 4) is 5.75 Å². The largest absolute Gasteiger partial charge is 0.494 e. The first-order chi connectivity index (χ1) is 15.5. The predicted molar refractivity (Wildman–Crippen MR) is 124 cm³/mol. The molecule has 0 saturated carbocycles. The number of carbonyl (C=O) groups is 1. The molecule has 7 heteroatoms. The fourth-order valence-electron chi connectivity index (χ4n) is 3.36. The molecule has 0 aliphatic carbocycles. The van der Waals surface area contributed by atoms with Crippen LogP contribution in [0.2, 0.25) is 0 Å². The average molecular weight is 427 g/mol. The molecule has 0 radical (unpaired) electrons. The summed E-state index contributed by atoms with van der Waals surface area (Å²) in [6.07, 6.45) is 1.63. The highest BCUT2D eigenvalue weighted by molar-refractivity contribution is 6.33. The Labute approximate surface area is 185 Å². The van der Waals surface area contributed by atoms with E-state index in [-0.39, 0.29) is 17.3 Å². The van der Waals surface area contributed by atoms with Gasteiger partial charge in [0.25, 0.3) is 11.6 Å². The Morgan fingerprint density at radius 3 is 2.25 bits per heavy atom. The van der Waals surface area contributed by atoms with Crippen molar-refractivity contribution >= 4 is 29.2 Å². The lowest BCUT2D eigenvalue weighted by molar-refractivity contribution is -0.384. The number of nitro groups is 1. The van der Waals surface area contributed by atoms with Crippen LogP contribution in [0, 0.1) is 17.0 Å². The van der Waals surface area contributed by atoms with Gasteiger partial charge in [0.05, 0.1) is 17.2 Å². The molecular formula is C25H21N3O4. The number of rotatable bonds is 6. The molecule has 1 heterocycles. The lowest BCUT2D eigenvalue weighted by Gasteiger charge is -2.19. The summed E-state index contributed by atoms with van der Waals surface area (Å²) < 4.78 is 5.51. The number of amides is 1. The van der Waals surface area contributed by atoms with E-state index in [0.717, 1.165) is 16.9 Å². The quantitative estimate of drug-likeness (QED) is 0.310. The summed E-state index contributed by atoms with van der Waals surface area (Å²) in [5.74, 6) is 0.966. The number of hydrogen-bond acceptors (Lipinski definition) is 5. The van der Waals surface area contributed by atoms with Crippen LogP contribution < -0.4 is 9.64 Å². The molecule has 1 amide bonds. The Bertz CT molecular complexity index is 1210. The number of aliphatic imine (C=N–C) groups is 1. The molecule has 0 N–H and O–H groups in total. The zero-order valence-corrected chi connectivity index (χ0v) is 17.7. The number of benzene rings is 3. The van der Waals surface area contributed by atoms with Gasteiger partial charge < -0.3 is 4.74 Å². The minimum Gasteiger partial charge on any atom is -0.494 e. The molecule has 0 atom stereocenters. The summed E-state index contributed by atoms with van der Waals surface area (Å²) >= 11 is 0. The van der Waals surface area contributed by atoms with E-state index in [1.165, 1.54) is 12.1 Å². The molecule has 32 heavy (non-hydrogen) atoms. The summed E-state index contributed by atoms with van der Waals surface area (Å²) in [5.41, 5.74) is 3.48. The number of amidine groups is 1. The maximum absolute atomic E-state index is 13.4. The van der Waals surface area contributed by atoms with Crippen molar-refractivity contribution < 1.29 is 14.5 Å². The van der Waals surface area contributed by atoms with E-state index in [1.54, 1.807) is 23.1 Å². The first kappa shape index (κ1) is 21.0. The van der Waals surface area contributed by atoms with Crippen LogP contribution in [-0.2, 0) is 4.79 Å². The van der Waals surface area contributed by atoms with Crippen LogP contribution in [0.15, 0.2) is 83.5 Å². The molecular weight excluding hydrogens is 406 g/mol. The second-order valence-electron chi connectivity index (χ2n) is 7.25. The van der Waals surface area contributed by atoms with Gasteiger partial charge in [-0.1, -0.05) is 29.8 Å². The van der Waals surface area contributed by atoms with Gasteiger partial charge in [-0.15, -0.1) is 0 Å². The van der Waals surface area contributed by atoms with Crippen molar-refractivity contribution in [2.24, 2.45) is 4.99 Å². The molecule has 0 spiro atoms. The first-order valence-electron chi connectivity index (χ1n) is 10.2. The van der Waals surface area contributed by atoms with Crippen LogP contribution in [0.25, 0.3) is 6.08 Å². The zero-order chi connectivity index (χ0) is 22.7. The van der Waals surface area contributed by atoms with Crippen molar-refractivity contribution in [3.05, 3.63) is 105 Å². The van der Waals surface area contributed by atoms with Crippen molar-refractivity contribution in [2.75, 3.05) is 11.5 Å². The fraction of sp³-hybridized carbons (Fsp3) is 0.120. The lowest BCUT2D eigenvalue weighted by Crippen LogP contribution is -2.32. The number of hydrogen-bond donors (Lipinski definition) is 0. The van der Waals surface area contributed by atoms with E-state index in [9.17, 15) is 14.9 Å². The van der Waals surface area contributed by atoms with Gasteiger partial charge in [-0.05, 0) is 61.9 Å². The van der Waals surface area contributed by atoms with E-state index in [4.69, 9.17) is 4.74 Å². The SMILES string of the molecule is CCOc1ccc(N2C(=O)/C(=C\c3ccc([N+](=O)[O-])cc3)N=C2c2ccc(C)cc2)cc1. The molecule has 0 bridgehead atoms. The zero-order valence-electron chi connectivity index (χ0n) is 17.7. The molecule has 7 nitrogen and oxygen atoms in total. The highest BCUT2D eigenvalue weighted by atomic mass is 16.6. The van der Waals surface area contributed by atoms with E-state index in [2.05, 4.69) is 4.99 Å². The lowest BCUT2D eigenvalue weighted by atomic mass is 10.1. The summed E-state index contributed by atoms with van der Waals surface area (Å²) in [5, 5.41) is 10.9. The highest BCUT2D eigenvalue weighted by Gasteiger charge is 2.32. The first-order valence-corrected chi connectivity index (χ1v) is 10.2. The van der Waals surface area contributed by atoms with E-state index in [0.29, 0.717) is 23.7 Å². The summed E-state index contributed by atoms with van der Waals surface area (Å²) in [4.78, 5) is 30.0. The van der Waals surface area contributed by atoms with Crippen LogP contribution in [-0.4, -0.2) is 23.3 Å². The van der Waals surface area contributed by atoms with Gasteiger partial charge in [0, 0.05) is 17.7 Å². The topological polar surface area (TPSA) is 85.0 Å². The van der Waals surface area contributed by atoms with Crippen LogP contribution in [0.3, 0.4) is 0 Å². The second-order valence-corrected chi connectivity index (χ2v) is 7.25. The van der Waals surface area contributed by atoms with Gasteiger partial charge in [0.2, 0.25) is 0 Å². The third-order valence-corrected chi connectivity index (χ3v) is 4.98. The molecule has 1 aliphatic rings. The normalized spacial score (nSPS) is 14.6. The van der Waals surface area contributed by atoms with Gasteiger partial charge in [0.15, 0.2) is 0 Å². The molecule has 160 valence electrons. The van der Waals surface area contributed by atoms with Crippen LogP contribution in [0.4, 0.5) is 11.4 Å². The number of non-ortho nitro benzene ring substituents is 1. The number of anilines is 1. The molecule has 3 aromatic rings. The summed E-state index contributed by atoms with van der Waals surface area (Å²) in [7, 11) is 0. The Morgan fingerprint density at radius 1 is 1.00 bits per heavy atom. The standard InChI is InChI=1S/C25H21N3O4/c1-3-32-22-14-12-20(13-15-22)27-24(19-8-4-17(2)5-9-19)26-23(25(27)29)16-18-6-10-21(11-7-18)28(30)31/h4-16H,3H2,1-2H3/b23-16+. The van der Waals surface area contributed by atoms with Crippen LogP contribution in [0.1, 0.15) is 23.6 Å². The van der Waals surface area contributed by atoms with E-state index in [1.807, 2.05) is 62.4 Å². The van der Waals surface area contributed by atoms with E-state index < -0.39 is 4.92 Å². The number of carbonyl (C=O) groups excluding carboxylic acids is 1. The number of aryl methyl sites for hydroxylation is 1. The number of nitrogens with zero attached hydrogens (tertiary/aromatic N) is 3. The van der Waals surface area contributed by atoms with E-state index >= 15 is 0 Å². The van der Waals surface area contributed by atoms with Crippen molar-refractivity contribution in [1.29, 1.82) is 0 Å². The minimum absolute atomic E-state index is 0.00948. The van der Waals surface area contributed by atoms with Crippen molar-refractivity contribution in [2.45, 2.75) is 13.8 Å². The van der Waals surface area contributed by atoms with Crippen LogP contribution >= 0.6 is 0 Å². The van der Waals surface area contributed by atoms with Gasteiger partial charge in [-0.2, -0.15) is 0 Å². The van der Waals surface area contributed by atoms with Gasteiger partial charge in [-0.25, -0.2) is 4.99 Å². The Kier molecular flexibility index (Phi) is 5.81. The smallest absolute Gasteiger partial charge is 0.282 e. The summed E-state index contributed by atoms with van der Waals surface area (Å²) in [6.45, 7) is 4.46. The molecule has 1 aliphatic heterocycles. The van der Waals surface area contributed by atoms with Crippen molar-refractivity contribution in [3.63, 3.8) is 0 Å². The third kappa shape index (κ3) is 4.27. The molecule has 0 aromatic heterocycles. The van der Waals surface area contributed by atoms with Gasteiger partial charge >= 0.3 is 0 Å². The van der Waals surface area contributed by atoms with Crippen molar-refractivity contribution in [1.82, 2.24) is 0 Å². The Morgan fingerprint density at radius 2 is 1.66 bits per heavy atom. The predicted octanol–water partition coefficient (Wildman–Crippen LogP) is 5.14. The second kappa shape index (κ2) is 8.85. The fourth-order valence-corrected chi connectivity index (χ4v) is 3.36. The molecule has 4 rings (SSSR count). The van der Waals surface area contributed by atoms with Gasteiger partial charge in [0.1, 0.15) is 17.3 Å². The Hall–Kier alpha value is -4.26. The molecule has 0 saturated heterocycles. The monoisotopic (exact) mass is 427 g/mol. The average Bonchev–Trinajstić information content (AvgIpc) is 3.11. The number of ether oxygens (including phenoxy) is 1. The Balaban J connectivity index is 1.74. The minimum atomic E-state index is -0.459. The molecule has 3 aromatic carbocycles. The van der Waals surface area contributed by atoms with Crippen LogP contribution in [0.5, 0.6) is 5.75 Å². The molecule has 0 unspecified atom stereocenters. The summed E-state index contributed by atoms with van der Waals surface area (Å²) in [6, 6.07) is 21.1. The number of nitro benzene ring substituents is 1. The maximum atomic E-state index is 13.4. The maximum Gasteiger partial charge on any atom is 0.282 e.